The number of amides is 1. The number of allylic oxidation sites excluding steroid dienone is 1. The highest BCUT2D eigenvalue weighted by Gasteiger charge is 2.32. The van der Waals surface area contributed by atoms with Gasteiger partial charge in [-0.15, -0.1) is 0 Å². The molecule has 2 heterocycles. The second-order valence-electron chi connectivity index (χ2n) is 8.54. The van der Waals surface area contributed by atoms with Gasteiger partial charge in [0.1, 0.15) is 0 Å². The quantitative estimate of drug-likeness (QED) is 0.722. The zero-order valence-corrected chi connectivity index (χ0v) is 18.6. The summed E-state index contributed by atoms with van der Waals surface area (Å²) >= 11 is 0. The van der Waals surface area contributed by atoms with Crippen molar-refractivity contribution in [2.45, 2.75) is 45.8 Å². The average Bonchev–Trinajstić information content (AvgIpc) is 3.40. The molecule has 0 aromatic heterocycles. The molecule has 5 nitrogen and oxygen atoms in total. The number of aliphatic imine (C=N–C) groups is 1. The molecule has 0 spiro atoms. The Bertz CT molecular complexity index is 1030. The zero-order valence-electron chi connectivity index (χ0n) is 18.6. The lowest BCUT2D eigenvalue weighted by Crippen LogP contribution is -2.32. The van der Waals surface area contributed by atoms with Crippen LogP contribution in [0.2, 0.25) is 0 Å². The molecule has 2 aliphatic rings. The summed E-state index contributed by atoms with van der Waals surface area (Å²) in [5.74, 6) is 0.140. The first-order chi connectivity index (χ1) is 15.0. The molecule has 0 radical (unpaired) electrons. The summed E-state index contributed by atoms with van der Waals surface area (Å²) in [4.78, 5) is 19.0. The van der Waals surface area contributed by atoms with Gasteiger partial charge in [-0.2, -0.15) is 0 Å². The van der Waals surface area contributed by atoms with E-state index in [1.54, 1.807) is 19.3 Å². The van der Waals surface area contributed by atoms with Gasteiger partial charge in [-0.25, -0.2) is 0 Å². The Labute approximate surface area is 184 Å². The van der Waals surface area contributed by atoms with Crippen LogP contribution in [0, 0.1) is 13.8 Å². The second-order valence-corrected chi connectivity index (χ2v) is 8.54. The van der Waals surface area contributed by atoms with E-state index in [9.17, 15) is 4.79 Å². The predicted octanol–water partition coefficient (Wildman–Crippen LogP) is 4.03. The predicted molar refractivity (Wildman–Crippen MR) is 125 cm³/mol. The highest BCUT2D eigenvalue weighted by atomic mass is 16.5. The first-order valence-corrected chi connectivity index (χ1v) is 11.0. The van der Waals surface area contributed by atoms with Crippen molar-refractivity contribution in [3.05, 3.63) is 75.4 Å². The van der Waals surface area contributed by atoms with Gasteiger partial charge in [0.05, 0.1) is 6.10 Å². The molecule has 162 valence electrons. The van der Waals surface area contributed by atoms with Crippen LogP contribution in [0.1, 0.15) is 56.6 Å². The molecule has 0 unspecified atom stereocenters. The summed E-state index contributed by atoms with van der Waals surface area (Å²) < 4.78 is 5.75. The van der Waals surface area contributed by atoms with Crippen molar-refractivity contribution < 1.29 is 9.53 Å². The minimum absolute atomic E-state index is 0.140. The number of rotatable bonds is 6. The normalized spacial score (nSPS) is 18.9. The molecular weight excluding hydrogens is 386 g/mol. The van der Waals surface area contributed by atoms with E-state index in [2.05, 4.69) is 37.0 Å². The molecule has 2 aliphatic heterocycles. The minimum Gasteiger partial charge on any atom is -0.398 e. The molecule has 1 saturated heterocycles. The van der Waals surface area contributed by atoms with Gasteiger partial charge in [-0.3, -0.25) is 9.79 Å². The van der Waals surface area contributed by atoms with Crippen molar-refractivity contribution >= 4 is 17.8 Å². The van der Waals surface area contributed by atoms with E-state index in [4.69, 9.17) is 10.5 Å². The van der Waals surface area contributed by atoms with Gasteiger partial charge in [0.25, 0.3) is 5.91 Å². The standard InChI is InChI=1S/C26H31N3O2/c1-17-18(2)24-16-29(15-22-5-4-12-31-22)26(30)23(24)14-21(17)13-19-6-8-20(9-7-19)25(27)10-11-28-3/h6-11,14,22H,4-5,12-13,15-16,27H2,1-3H3/t22-/m0/s1. The first kappa shape index (κ1) is 21.3. The third-order valence-corrected chi connectivity index (χ3v) is 6.54. The SMILES string of the molecule is CN=CC=C(N)c1ccc(Cc2cc3c(c(C)c2C)CN(C[C@@H]2CCCO2)C3=O)cc1. The highest BCUT2D eigenvalue weighted by Crippen LogP contribution is 2.32. The van der Waals surface area contributed by atoms with Gasteiger partial charge in [0.15, 0.2) is 0 Å². The number of ether oxygens (including phenoxy) is 1. The molecule has 4 rings (SSSR count). The van der Waals surface area contributed by atoms with Crippen molar-refractivity contribution in [1.29, 1.82) is 0 Å². The van der Waals surface area contributed by atoms with Crippen LogP contribution in [0.4, 0.5) is 0 Å². The van der Waals surface area contributed by atoms with Crippen molar-refractivity contribution in [2.75, 3.05) is 20.2 Å². The summed E-state index contributed by atoms with van der Waals surface area (Å²) in [6.07, 6.45) is 6.61. The van der Waals surface area contributed by atoms with Crippen LogP contribution in [0.25, 0.3) is 5.70 Å². The zero-order chi connectivity index (χ0) is 22.0. The van der Waals surface area contributed by atoms with E-state index >= 15 is 0 Å². The number of carbonyl (C=O) groups is 1. The van der Waals surface area contributed by atoms with Crippen molar-refractivity contribution in [3.8, 4) is 0 Å². The number of benzene rings is 2. The van der Waals surface area contributed by atoms with Gasteiger partial charge < -0.3 is 15.4 Å². The molecule has 5 heteroatoms. The maximum absolute atomic E-state index is 13.1. The average molecular weight is 418 g/mol. The largest absolute Gasteiger partial charge is 0.398 e. The Morgan fingerprint density at radius 3 is 2.71 bits per heavy atom. The Morgan fingerprint density at radius 1 is 1.26 bits per heavy atom. The summed E-state index contributed by atoms with van der Waals surface area (Å²) in [7, 11) is 1.72. The molecular formula is C26H31N3O2. The van der Waals surface area contributed by atoms with Crippen molar-refractivity contribution in [3.63, 3.8) is 0 Å². The van der Waals surface area contributed by atoms with Crippen LogP contribution in [0.3, 0.4) is 0 Å². The molecule has 2 aromatic rings. The highest BCUT2D eigenvalue weighted by molar-refractivity contribution is 5.99. The van der Waals surface area contributed by atoms with E-state index < -0.39 is 0 Å². The Kier molecular flexibility index (Phi) is 6.23. The molecule has 0 bridgehead atoms. The second kappa shape index (κ2) is 9.06. The maximum atomic E-state index is 13.1. The number of fused-ring (bicyclic) bond motifs is 1. The summed E-state index contributed by atoms with van der Waals surface area (Å²) in [6, 6.07) is 10.4. The molecule has 1 fully saturated rings. The van der Waals surface area contributed by atoms with Crippen LogP contribution in [-0.2, 0) is 17.7 Å². The molecule has 2 aromatic carbocycles. The molecule has 0 saturated carbocycles. The van der Waals surface area contributed by atoms with Crippen LogP contribution in [0.15, 0.2) is 41.4 Å². The van der Waals surface area contributed by atoms with Crippen LogP contribution in [-0.4, -0.2) is 43.3 Å². The number of nitrogens with zero attached hydrogens (tertiary/aromatic N) is 2. The fraction of sp³-hybridized carbons (Fsp3) is 0.385. The van der Waals surface area contributed by atoms with Crippen LogP contribution >= 0.6 is 0 Å². The van der Waals surface area contributed by atoms with Gasteiger partial charge in [-0.05, 0) is 78.6 Å². The third-order valence-electron chi connectivity index (χ3n) is 6.54. The summed E-state index contributed by atoms with van der Waals surface area (Å²) in [6.45, 7) is 6.51. The Morgan fingerprint density at radius 2 is 2.03 bits per heavy atom. The monoisotopic (exact) mass is 417 g/mol. The van der Waals surface area contributed by atoms with E-state index in [-0.39, 0.29) is 12.0 Å². The number of carbonyl (C=O) groups excluding carboxylic acids is 1. The topological polar surface area (TPSA) is 67.9 Å². The van der Waals surface area contributed by atoms with Crippen molar-refractivity contribution in [2.24, 2.45) is 10.7 Å². The third kappa shape index (κ3) is 4.42. The van der Waals surface area contributed by atoms with E-state index in [1.165, 1.54) is 27.8 Å². The smallest absolute Gasteiger partial charge is 0.254 e. The number of hydrogen-bond donors (Lipinski definition) is 1. The van der Waals surface area contributed by atoms with Gasteiger partial charge in [0.2, 0.25) is 0 Å². The lowest BCUT2D eigenvalue weighted by atomic mass is 9.91. The van der Waals surface area contributed by atoms with Crippen molar-refractivity contribution in [1.82, 2.24) is 4.90 Å². The molecule has 1 amide bonds. The van der Waals surface area contributed by atoms with Crippen LogP contribution in [0.5, 0.6) is 0 Å². The molecule has 0 aliphatic carbocycles. The maximum Gasteiger partial charge on any atom is 0.254 e. The molecule has 1 atom stereocenters. The van der Waals surface area contributed by atoms with E-state index in [1.807, 2.05) is 17.0 Å². The van der Waals surface area contributed by atoms with Gasteiger partial charge in [0, 0.05) is 44.2 Å². The Balaban J connectivity index is 1.54. The van der Waals surface area contributed by atoms with Gasteiger partial charge >= 0.3 is 0 Å². The lowest BCUT2D eigenvalue weighted by Gasteiger charge is -2.19. The molecule has 31 heavy (non-hydrogen) atoms. The van der Waals surface area contributed by atoms with Gasteiger partial charge in [-0.1, -0.05) is 24.3 Å². The fourth-order valence-electron chi connectivity index (χ4n) is 4.52. The van der Waals surface area contributed by atoms with E-state index in [0.29, 0.717) is 18.8 Å². The van der Waals surface area contributed by atoms with E-state index in [0.717, 1.165) is 37.0 Å². The first-order valence-electron chi connectivity index (χ1n) is 11.0. The lowest BCUT2D eigenvalue weighted by molar-refractivity contribution is 0.0545. The number of nitrogens with two attached hydrogens (primary N) is 1. The molecule has 2 N–H and O–H groups in total. The summed E-state index contributed by atoms with van der Waals surface area (Å²) in [5.41, 5.74) is 14.7. The minimum atomic E-state index is 0.140. The Hall–Kier alpha value is -2.92. The van der Waals surface area contributed by atoms with Crippen LogP contribution < -0.4 is 5.73 Å². The summed E-state index contributed by atoms with van der Waals surface area (Å²) in [5, 5.41) is 0. The fourth-order valence-corrected chi connectivity index (χ4v) is 4.52. The number of hydrogen-bond acceptors (Lipinski definition) is 4.